The third kappa shape index (κ3) is 3.32. The Morgan fingerprint density at radius 1 is 1.53 bits per heavy atom. The quantitative estimate of drug-likeness (QED) is 0.815. The lowest BCUT2D eigenvalue weighted by molar-refractivity contribution is 0.154. The standard InChI is InChI=1S/C14H20N2S/c1-12-5-2-3-9-16(12)11-14-13(6-4-8-15)7-10-17-14/h7,10,12H,2-3,5,8-9,11,15H2,1H3. The summed E-state index contributed by atoms with van der Waals surface area (Å²) in [6.07, 6.45) is 4.04. The molecule has 2 rings (SSSR count). The average molecular weight is 248 g/mol. The molecule has 0 amide bonds. The van der Waals surface area contributed by atoms with Crippen molar-refractivity contribution in [3.8, 4) is 11.8 Å². The Hall–Kier alpha value is -0.820. The van der Waals surface area contributed by atoms with Crippen LogP contribution in [0.1, 0.15) is 36.6 Å². The van der Waals surface area contributed by atoms with Gasteiger partial charge in [0.1, 0.15) is 0 Å². The Balaban J connectivity index is 2.05. The predicted octanol–water partition coefficient (Wildman–Crippen LogP) is 2.43. The summed E-state index contributed by atoms with van der Waals surface area (Å²) < 4.78 is 0. The second-order valence-electron chi connectivity index (χ2n) is 4.58. The van der Waals surface area contributed by atoms with E-state index in [2.05, 4.69) is 35.1 Å². The van der Waals surface area contributed by atoms with E-state index in [1.54, 1.807) is 0 Å². The van der Waals surface area contributed by atoms with Crippen LogP contribution in [-0.4, -0.2) is 24.0 Å². The van der Waals surface area contributed by atoms with Gasteiger partial charge in [-0.3, -0.25) is 4.90 Å². The van der Waals surface area contributed by atoms with Gasteiger partial charge in [0, 0.05) is 23.0 Å². The molecule has 92 valence electrons. The highest BCUT2D eigenvalue weighted by atomic mass is 32.1. The maximum Gasteiger partial charge on any atom is 0.0555 e. The van der Waals surface area contributed by atoms with Crippen molar-refractivity contribution in [2.24, 2.45) is 5.73 Å². The van der Waals surface area contributed by atoms with Crippen molar-refractivity contribution in [1.82, 2.24) is 4.90 Å². The Bertz CT molecular complexity index is 413. The van der Waals surface area contributed by atoms with Gasteiger partial charge in [-0.25, -0.2) is 0 Å². The van der Waals surface area contributed by atoms with Crippen LogP contribution in [0.15, 0.2) is 11.4 Å². The Labute approximate surface area is 108 Å². The largest absolute Gasteiger partial charge is 0.320 e. The molecule has 0 radical (unpaired) electrons. The molecule has 0 saturated carbocycles. The molecular formula is C14H20N2S. The van der Waals surface area contributed by atoms with Gasteiger partial charge >= 0.3 is 0 Å². The smallest absolute Gasteiger partial charge is 0.0555 e. The second kappa shape index (κ2) is 6.20. The molecule has 1 aromatic rings. The van der Waals surface area contributed by atoms with E-state index in [1.807, 2.05) is 11.3 Å². The van der Waals surface area contributed by atoms with Gasteiger partial charge in [0.2, 0.25) is 0 Å². The van der Waals surface area contributed by atoms with Crippen LogP contribution in [0.25, 0.3) is 0 Å². The van der Waals surface area contributed by atoms with E-state index in [0.717, 1.165) is 6.54 Å². The van der Waals surface area contributed by atoms with Crippen LogP contribution in [0.4, 0.5) is 0 Å². The molecule has 1 atom stereocenters. The molecule has 0 aromatic carbocycles. The van der Waals surface area contributed by atoms with Crippen molar-refractivity contribution in [3.05, 3.63) is 21.9 Å². The van der Waals surface area contributed by atoms with Gasteiger partial charge in [0.05, 0.1) is 6.54 Å². The predicted molar refractivity (Wildman–Crippen MR) is 74.0 cm³/mol. The van der Waals surface area contributed by atoms with Crippen molar-refractivity contribution in [3.63, 3.8) is 0 Å². The van der Waals surface area contributed by atoms with Crippen LogP contribution in [-0.2, 0) is 6.54 Å². The minimum Gasteiger partial charge on any atom is -0.320 e. The molecule has 1 fully saturated rings. The molecule has 2 N–H and O–H groups in total. The zero-order chi connectivity index (χ0) is 12.1. The van der Waals surface area contributed by atoms with E-state index in [1.165, 1.54) is 36.2 Å². The van der Waals surface area contributed by atoms with Crippen molar-refractivity contribution >= 4 is 11.3 Å². The molecule has 1 aliphatic heterocycles. The van der Waals surface area contributed by atoms with Crippen LogP contribution in [0.2, 0.25) is 0 Å². The molecule has 1 unspecified atom stereocenters. The summed E-state index contributed by atoms with van der Waals surface area (Å²) in [5.74, 6) is 6.11. The molecule has 2 heterocycles. The normalized spacial score (nSPS) is 20.9. The number of piperidine rings is 1. The first-order valence-electron chi connectivity index (χ1n) is 6.30. The van der Waals surface area contributed by atoms with Crippen LogP contribution in [0, 0.1) is 11.8 Å². The molecule has 0 aliphatic carbocycles. The highest BCUT2D eigenvalue weighted by Gasteiger charge is 2.19. The van der Waals surface area contributed by atoms with Crippen molar-refractivity contribution in [2.45, 2.75) is 38.8 Å². The number of nitrogens with two attached hydrogens (primary N) is 1. The van der Waals surface area contributed by atoms with Crippen LogP contribution in [0.3, 0.4) is 0 Å². The summed E-state index contributed by atoms with van der Waals surface area (Å²) in [4.78, 5) is 3.96. The average Bonchev–Trinajstić information content (AvgIpc) is 2.77. The van der Waals surface area contributed by atoms with E-state index in [0.29, 0.717) is 12.6 Å². The summed E-state index contributed by atoms with van der Waals surface area (Å²) >= 11 is 1.81. The molecule has 0 spiro atoms. The summed E-state index contributed by atoms with van der Waals surface area (Å²) in [5.41, 5.74) is 6.59. The highest BCUT2D eigenvalue weighted by molar-refractivity contribution is 7.10. The van der Waals surface area contributed by atoms with Crippen LogP contribution in [0.5, 0.6) is 0 Å². The van der Waals surface area contributed by atoms with E-state index >= 15 is 0 Å². The van der Waals surface area contributed by atoms with Crippen molar-refractivity contribution in [1.29, 1.82) is 0 Å². The Morgan fingerprint density at radius 2 is 2.41 bits per heavy atom. The lowest BCUT2D eigenvalue weighted by atomic mass is 10.0. The Kier molecular flexibility index (Phi) is 4.61. The van der Waals surface area contributed by atoms with E-state index in [-0.39, 0.29) is 0 Å². The van der Waals surface area contributed by atoms with Crippen molar-refractivity contribution < 1.29 is 0 Å². The third-order valence-corrected chi connectivity index (χ3v) is 4.26. The van der Waals surface area contributed by atoms with Crippen LogP contribution >= 0.6 is 11.3 Å². The first-order chi connectivity index (χ1) is 8.31. The Morgan fingerprint density at radius 3 is 3.18 bits per heavy atom. The number of nitrogens with zero attached hydrogens (tertiary/aromatic N) is 1. The molecule has 3 heteroatoms. The number of likely N-dealkylation sites (tertiary alicyclic amines) is 1. The summed E-state index contributed by atoms with van der Waals surface area (Å²) in [6, 6.07) is 2.82. The number of hydrogen-bond donors (Lipinski definition) is 1. The lowest BCUT2D eigenvalue weighted by Gasteiger charge is -2.33. The maximum absolute atomic E-state index is 5.42. The van der Waals surface area contributed by atoms with Gasteiger partial charge in [-0.1, -0.05) is 18.3 Å². The SMILES string of the molecule is CC1CCCCN1Cc1sccc1C#CCN. The van der Waals surface area contributed by atoms with Gasteiger partial charge in [-0.2, -0.15) is 0 Å². The molecule has 0 bridgehead atoms. The topological polar surface area (TPSA) is 29.3 Å². The van der Waals surface area contributed by atoms with Crippen LogP contribution < -0.4 is 5.73 Å². The minimum absolute atomic E-state index is 0.440. The molecule has 2 nitrogen and oxygen atoms in total. The van der Waals surface area contributed by atoms with E-state index in [9.17, 15) is 0 Å². The highest BCUT2D eigenvalue weighted by Crippen LogP contribution is 2.23. The van der Waals surface area contributed by atoms with E-state index < -0.39 is 0 Å². The first-order valence-corrected chi connectivity index (χ1v) is 7.18. The number of rotatable bonds is 2. The van der Waals surface area contributed by atoms with Gasteiger partial charge < -0.3 is 5.73 Å². The molecule has 1 saturated heterocycles. The summed E-state index contributed by atoms with van der Waals surface area (Å²) in [7, 11) is 0. The van der Waals surface area contributed by atoms with Gasteiger partial charge in [0.15, 0.2) is 0 Å². The lowest BCUT2D eigenvalue weighted by Crippen LogP contribution is -2.36. The summed E-state index contributed by atoms with van der Waals surface area (Å²) in [6.45, 7) is 5.05. The molecular weight excluding hydrogens is 228 g/mol. The zero-order valence-electron chi connectivity index (χ0n) is 10.4. The molecule has 1 aliphatic rings. The fourth-order valence-corrected chi connectivity index (χ4v) is 3.15. The first kappa shape index (κ1) is 12.6. The molecule has 1 aromatic heterocycles. The minimum atomic E-state index is 0.440. The molecule has 17 heavy (non-hydrogen) atoms. The maximum atomic E-state index is 5.42. The summed E-state index contributed by atoms with van der Waals surface area (Å²) in [5, 5.41) is 2.13. The second-order valence-corrected chi connectivity index (χ2v) is 5.58. The fourth-order valence-electron chi connectivity index (χ4n) is 2.30. The fraction of sp³-hybridized carbons (Fsp3) is 0.571. The van der Waals surface area contributed by atoms with E-state index in [4.69, 9.17) is 5.73 Å². The van der Waals surface area contributed by atoms with Crippen molar-refractivity contribution in [2.75, 3.05) is 13.1 Å². The number of thiophene rings is 1. The zero-order valence-corrected chi connectivity index (χ0v) is 11.2. The number of hydrogen-bond acceptors (Lipinski definition) is 3. The van der Waals surface area contributed by atoms with Gasteiger partial charge in [0.25, 0.3) is 0 Å². The van der Waals surface area contributed by atoms with Gasteiger partial charge in [-0.15, -0.1) is 11.3 Å². The third-order valence-electron chi connectivity index (χ3n) is 3.36. The van der Waals surface area contributed by atoms with Gasteiger partial charge in [-0.05, 0) is 37.8 Å². The monoisotopic (exact) mass is 248 g/mol.